The van der Waals surface area contributed by atoms with Crippen LogP contribution in [0, 0.1) is 12.8 Å². The van der Waals surface area contributed by atoms with E-state index >= 15 is 0 Å². The predicted octanol–water partition coefficient (Wildman–Crippen LogP) is 0.779. The van der Waals surface area contributed by atoms with Gasteiger partial charge >= 0.3 is 10.2 Å². The molecule has 2 heterocycles. The van der Waals surface area contributed by atoms with Crippen molar-refractivity contribution < 1.29 is 8.42 Å². The zero-order valence-electron chi connectivity index (χ0n) is 10.3. The number of anilines is 1. The molecule has 1 atom stereocenters. The predicted molar refractivity (Wildman–Crippen MR) is 72.7 cm³/mol. The largest absolute Gasteiger partial charge is 0.330 e. The van der Waals surface area contributed by atoms with Crippen molar-refractivity contribution in [3.05, 3.63) is 11.1 Å². The number of thiazole rings is 1. The first-order valence-corrected chi connectivity index (χ1v) is 8.17. The first-order chi connectivity index (χ1) is 8.51. The van der Waals surface area contributed by atoms with Gasteiger partial charge in [0, 0.05) is 24.2 Å². The van der Waals surface area contributed by atoms with Crippen molar-refractivity contribution in [3.8, 4) is 0 Å². The number of hydrogen-bond acceptors (Lipinski definition) is 5. The van der Waals surface area contributed by atoms with Crippen LogP contribution in [0.3, 0.4) is 0 Å². The van der Waals surface area contributed by atoms with Gasteiger partial charge < -0.3 is 5.73 Å². The molecule has 1 aromatic heterocycles. The van der Waals surface area contributed by atoms with Crippen LogP contribution in [0.1, 0.15) is 17.7 Å². The molecular formula is C10H18N4O2S2. The van der Waals surface area contributed by atoms with E-state index < -0.39 is 10.2 Å². The van der Waals surface area contributed by atoms with E-state index in [1.807, 2.05) is 6.92 Å². The topological polar surface area (TPSA) is 88.3 Å². The highest BCUT2D eigenvalue weighted by Gasteiger charge is 2.28. The van der Waals surface area contributed by atoms with Gasteiger partial charge in [-0.05, 0) is 32.2 Å². The second kappa shape index (κ2) is 5.52. The molecule has 2 rings (SSSR count). The van der Waals surface area contributed by atoms with Gasteiger partial charge in [-0.2, -0.15) is 12.7 Å². The number of hydrogen-bond donors (Lipinski definition) is 2. The first-order valence-electron chi connectivity index (χ1n) is 5.91. The normalized spacial score (nSPS) is 22.0. The van der Waals surface area contributed by atoms with Crippen LogP contribution in [-0.2, 0) is 10.2 Å². The molecule has 1 saturated heterocycles. The minimum Gasteiger partial charge on any atom is -0.330 e. The lowest BCUT2D eigenvalue weighted by molar-refractivity contribution is 0.273. The van der Waals surface area contributed by atoms with E-state index in [4.69, 9.17) is 5.73 Å². The Morgan fingerprint density at radius 2 is 2.44 bits per heavy atom. The molecule has 18 heavy (non-hydrogen) atoms. The lowest BCUT2D eigenvalue weighted by atomic mass is 10.0. The highest BCUT2D eigenvalue weighted by Crippen LogP contribution is 2.22. The average Bonchev–Trinajstić information content (AvgIpc) is 2.74. The fraction of sp³-hybridized carbons (Fsp3) is 0.700. The number of rotatable bonds is 4. The summed E-state index contributed by atoms with van der Waals surface area (Å²) in [5.74, 6) is 0.258. The van der Waals surface area contributed by atoms with Crippen LogP contribution in [0.4, 0.5) is 5.13 Å². The summed E-state index contributed by atoms with van der Waals surface area (Å²) in [7, 11) is -3.49. The highest BCUT2D eigenvalue weighted by molar-refractivity contribution is 7.90. The molecule has 0 aromatic carbocycles. The Bertz CT molecular complexity index is 500. The van der Waals surface area contributed by atoms with Crippen LogP contribution in [0.25, 0.3) is 0 Å². The third-order valence-corrected chi connectivity index (χ3v) is 5.41. The summed E-state index contributed by atoms with van der Waals surface area (Å²) in [6.45, 7) is 3.47. The summed E-state index contributed by atoms with van der Waals surface area (Å²) in [5, 5.41) is 0.419. The fourth-order valence-corrected chi connectivity index (χ4v) is 4.19. The molecule has 0 spiro atoms. The molecule has 0 amide bonds. The van der Waals surface area contributed by atoms with Crippen molar-refractivity contribution in [2.24, 2.45) is 11.7 Å². The Hall–Kier alpha value is -0.700. The van der Waals surface area contributed by atoms with Gasteiger partial charge in [0.05, 0.1) is 0 Å². The SMILES string of the molecule is Cc1cnc(NS(=O)(=O)N2CCCC(CN)C2)s1. The van der Waals surface area contributed by atoms with Crippen molar-refractivity contribution in [1.29, 1.82) is 0 Å². The Balaban J connectivity index is 2.06. The number of aryl methyl sites for hydroxylation is 1. The molecule has 0 radical (unpaired) electrons. The molecular weight excluding hydrogens is 272 g/mol. The van der Waals surface area contributed by atoms with Gasteiger partial charge in [0.2, 0.25) is 0 Å². The standard InChI is InChI=1S/C10H18N4O2S2/c1-8-6-12-10(17-8)13-18(15,16)14-4-2-3-9(5-11)7-14/h6,9H,2-5,7,11H2,1H3,(H,12,13). The smallest absolute Gasteiger partial charge is 0.303 e. The van der Waals surface area contributed by atoms with Gasteiger partial charge in [0.25, 0.3) is 0 Å². The second-order valence-corrected chi connectivity index (χ2v) is 7.39. The van der Waals surface area contributed by atoms with Gasteiger partial charge in [-0.25, -0.2) is 9.71 Å². The van der Waals surface area contributed by atoms with Gasteiger partial charge in [-0.1, -0.05) is 0 Å². The zero-order chi connectivity index (χ0) is 13.2. The van der Waals surface area contributed by atoms with E-state index in [0.717, 1.165) is 17.7 Å². The maximum Gasteiger partial charge on any atom is 0.303 e. The summed E-state index contributed by atoms with van der Waals surface area (Å²) in [5.41, 5.74) is 5.61. The molecule has 1 aliphatic rings. The Morgan fingerprint density at radius 3 is 3.06 bits per heavy atom. The maximum absolute atomic E-state index is 12.2. The molecule has 1 fully saturated rings. The van der Waals surface area contributed by atoms with Crippen LogP contribution in [-0.4, -0.2) is 37.3 Å². The number of nitrogens with two attached hydrogens (primary N) is 1. The number of piperidine rings is 1. The quantitative estimate of drug-likeness (QED) is 0.857. The van der Waals surface area contributed by atoms with E-state index in [2.05, 4.69) is 9.71 Å². The van der Waals surface area contributed by atoms with Crippen molar-refractivity contribution in [3.63, 3.8) is 0 Å². The van der Waals surface area contributed by atoms with Gasteiger partial charge in [-0.15, -0.1) is 11.3 Å². The third kappa shape index (κ3) is 3.19. The lowest BCUT2D eigenvalue weighted by Crippen LogP contribution is -2.44. The van der Waals surface area contributed by atoms with E-state index in [9.17, 15) is 8.42 Å². The minimum atomic E-state index is -3.49. The second-order valence-electron chi connectivity index (χ2n) is 4.49. The summed E-state index contributed by atoms with van der Waals surface area (Å²) >= 11 is 1.33. The summed E-state index contributed by atoms with van der Waals surface area (Å²) < 4.78 is 28.3. The monoisotopic (exact) mass is 290 g/mol. The number of nitrogens with one attached hydrogen (secondary N) is 1. The maximum atomic E-state index is 12.2. The van der Waals surface area contributed by atoms with Crippen LogP contribution in [0.15, 0.2) is 6.20 Å². The van der Waals surface area contributed by atoms with E-state index in [1.54, 1.807) is 6.20 Å². The molecule has 0 saturated carbocycles. The summed E-state index contributed by atoms with van der Waals surface area (Å²) in [6, 6.07) is 0. The van der Waals surface area contributed by atoms with Crippen LogP contribution >= 0.6 is 11.3 Å². The minimum absolute atomic E-state index is 0.258. The third-order valence-electron chi connectivity index (χ3n) is 2.99. The zero-order valence-corrected chi connectivity index (χ0v) is 11.9. The van der Waals surface area contributed by atoms with Crippen molar-refractivity contribution >= 4 is 26.7 Å². The van der Waals surface area contributed by atoms with Crippen molar-refractivity contribution in [2.75, 3.05) is 24.4 Å². The van der Waals surface area contributed by atoms with E-state index in [0.29, 0.717) is 24.8 Å². The number of nitrogens with zero attached hydrogens (tertiary/aromatic N) is 2. The molecule has 8 heteroatoms. The molecule has 102 valence electrons. The summed E-state index contributed by atoms with van der Waals surface area (Å²) in [6.07, 6.45) is 3.51. The van der Waals surface area contributed by atoms with E-state index in [-0.39, 0.29) is 5.92 Å². The van der Waals surface area contributed by atoms with Crippen LogP contribution in [0.2, 0.25) is 0 Å². The number of aromatic nitrogens is 1. The van der Waals surface area contributed by atoms with Crippen molar-refractivity contribution in [2.45, 2.75) is 19.8 Å². The molecule has 1 aliphatic heterocycles. The Kier molecular flexibility index (Phi) is 4.21. The molecule has 6 nitrogen and oxygen atoms in total. The van der Waals surface area contributed by atoms with E-state index in [1.165, 1.54) is 15.6 Å². The molecule has 0 bridgehead atoms. The Labute approximate surface area is 111 Å². The molecule has 0 aliphatic carbocycles. The van der Waals surface area contributed by atoms with Crippen LogP contribution in [0.5, 0.6) is 0 Å². The Morgan fingerprint density at radius 1 is 1.67 bits per heavy atom. The average molecular weight is 290 g/mol. The molecule has 1 aromatic rings. The van der Waals surface area contributed by atoms with Gasteiger partial charge in [0.1, 0.15) is 0 Å². The lowest BCUT2D eigenvalue weighted by Gasteiger charge is -2.30. The molecule has 1 unspecified atom stereocenters. The highest BCUT2D eigenvalue weighted by atomic mass is 32.2. The fourth-order valence-electron chi connectivity index (χ4n) is 2.01. The first kappa shape index (κ1) is 13.7. The molecule has 3 N–H and O–H groups in total. The summed E-state index contributed by atoms with van der Waals surface area (Å²) in [4.78, 5) is 4.99. The van der Waals surface area contributed by atoms with Gasteiger partial charge in [0.15, 0.2) is 5.13 Å². The van der Waals surface area contributed by atoms with Gasteiger partial charge in [-0.3, -0.25) is 0 Å². The van der Waals surface area contributed by atoms with Crippen molar-refractivity contribution in [1.82, 2.24) is 9.29 Å². The van der Waals surface area contributed by atoms with Crippen LogP contribution < -0.4 is 10.5 Å².